The largest absolute Gasteiger partial charge is 0.469 e. The van der Waals surface area contributed by atoms with E-state index in [4.69, 9.17) is 0 Å². The van der Waals surface area contributed by atoms with E-state index in [0.29, 0.717) is 0 Å². The fourth-order valence-corrected chi connectivity index (χ4v) is 2.69. The normalized spacial score (nSPS) is 22.5. The molecule has 1 saturated heterocycles. The van der Waals surface area contributed by atoms with Crippen molar-refractivity contribution < 1.29 is 33.8 Å². The SMILES string of the molecule is COC(=O)[C@H](C[C@H](C)C(=O)OC)NC(=O)[C@@H]1C[C@@H](O)CN1C(C)=O. The van der Waals surface area contributed by atoms with Gasteiger partial charge in [0, 0.05) is 19.9 Å². The second-order valence-corrected chi connectivity index (χ2v) is 5.82. The summed E-state index contributed by atoms with van der Waals surface area (Å²) < 4.78 is 9.25. The fourth-order valence-electron chi connectivity index (χ4n) is 2.69. The van der Waals surface area contributed by atoms with Crippen molar-refractivity contribution in [3.05, 3.63) is 0 Å². The van der Waals surface area contributed by atoms with Gasteiger partial charge in [-0.05, 0) is 6.42 Å². The van der Waals surface area contributed by atoms with Gasteiger partial charge < -0.3 is 24.8 Å². The van der Waals surface area contributed by atoms with Crippen LogP contribution < -0.4 is 5.32 Å². The number of ether oxygens (including phenoxy) is 2. The average molecular weight is 344 g/mol. The Hall–Kier alpha value is -2.16. The Morgan fingerprint density at radius 1 is 1.21 bits per heavy atom. The third-order valence-corrected chi connectivity index (χ3v) is 3.98. The number of rotatable bonds is 6. The molecule has 1 aliphatic heterocycles. The summed E-state index contributed by atoms with van der Waals surface area (Å²) in [5.74, 6) is -2.76. The molecule has 0 spiro atoms. The van der Waals surface area contributed by atoms with Crippen molar-refractivity contribution in [1.29, 1.82) is 0 Å². The smallest absolute Gasteiger partial charge is 0.328 e. The van der Waals surface area contributed by atoms with E-state index in [0.717, 1.165) is 0 Å². The number of amides is 2. The Morgan fingerprint density at radius 3 is 2.29 bits per heavy atom. The first kappa shape index (κ1) is 19.9. The van der Waals surface area contributed by atoms with Gasteiger partial charge in [-0.1, -0.05) is 6.92 Å². The zero-order valence-corrected chi connectivity index (χ0v) is 14.3. The minimum atomic E-state index is -1.05. The number of carbonyl (C=O) groups excluding carboxylic acids is 4. The Balaban J connectivity index is 2.82. The van der Waals surface area contributed by atoms with Crippen molar-refractivity contribution in [2.24, 2.45) is 5.92 Å². The Bertz CT molecular complexity index is 508. The second-order valence-electron chi connectivity index (χ2n) is 5.82. The highest BCUT2D eigenvalue weighted by Gasteiger charge is 2.39. The van der Waals surface area contributed by atoms with E-state index >= 15 is 0 Å². The van der Waals surface area contributed by atoms with Crippen LogP contribution in [-0.2, 0) is 28.7 Å². The highest BCUT2D eigenvalue weighted by Crippen LogP contribution is 2.19. The van der Waals surface area contributed by atoms with Gasteiger partial charge in [0.05, 0.1) is 26.2 Å². The molecule has 0 bridgehead atoms. The van der Waals surface area contributed by atoms with Gasteiger partial charge in [0.1, 0.15) is 12.1 Å². The minimum Gasteiger partial charge on any atom is -0.469 e. The molecule has 1 fully saturated rings. The summed E-state index contributed by atoms with van der Waals surface area (Å²) in [4.78, 5) is 48.6. The Labute approximate surface area is 140 Å². The van der Waals surface area contributed by atoms with Gasteiger partial charge in [-0.3, -0.25) is 14.4 Å². The molecule has 0 aromatic carbocycles. The Morgan fingerprint density at radius 2 is 1.79 bits per heavy atom. The molecular formula is C15H24N2O7. The molecule has 0 aromatic heterocycles. The lowest BCUT2D eigenvalue weighted by atomic mass is 10.0. The first-order chi connectivity index (χ1) is 11.2. The topological polar surface area (TPSA) is 122 Å². The molecule has 9 heteroatoms. The van der Waals surface area contributed by atoms with Crippen LogP contribution in [0.15, 0.2) is 0 Å². The van der Waals surface area contributed by atoms with Gasteiger partial charge in [-0.2, -0.15) is 0 Å². The van der Waals surface area contributed by atoms with Gasteiger partial charge >= 0.3 is 11.9 Å². The molecule has 136 valence electrons. The van der Waals surface area contributed by atoms with Crippen LogP contribution in [0.2, 0.25) is 0 Å². The molecule has 4 atom stereocenters. The molecule has 1 heterocycles. The molecule has 9 nitrogen and oxygen atoms in total. The molecule has 0 aliphatic carbocycles. The van der Waals surface area contributed by atoms with Crippen molar-refractivity contribution in [3.63, 3.8) is 0 Å². The highest BCUT2D eigenvalue weighted by atomic mass is 16.5. The number of aliphatic hydroxyl groups excluding tert-OH is 1. The average Bonchev–Trinajstić information content (AvgIpc) is 2.94. The number of β-amino-alcohol motifs (C(OH)–C–C–N with tert-alkyl or cyclic N) is 1. The predicted octanol–water partition coefficient (Wildman–Crippen LogP) is -1.17. The van der Waals surface area contributed by atoms with E-state index in [-0.39, 0.29) is 25.3 Å². The number of likely N-dealkylation sites (tertiary alicyclic amines) is 1. The second kappa shape index (κ2) is 8.62. The number of methoxy groups -OCH3 is 2. The number of aliphatic hydroxyl groups is 1. The van der Waals surface area contributed by atoms with Gasteiger partial charge in [-0.25, -0.2) is 4.79 Å². The number of hydrogen-bond donors (Lipinski definition) is 2. The summed E-state index contributed by atoms with van der Waals surface area (Å²) in [5.41, 5.74) is 0. The maximum absolute atomic E-state index is 12.4. The standard InChI is InChI=1S/C15H24N2O7/c1-8(14(21)23-3)5-11(15(22)24-4)16-13(20)12-6-10(19)7-17(12)9(2)18/h8,10-12,19H,5-7H2,1-4H3,(H,16,20)/t8-,10+,11-,12-/m0/s1. The van der Waals surface area contributed by atoms with Gasteiger partial charge in [0.25, 0.3) is 0 Å². The number of nitrogens with one attached hydrogen (secondary N) is 1. The third kappa shape index (κ3) is 4.92. The van der Waals surface area contributed by atoms with Crippen LogP contribution >= 0.6 is 0 Å². The van der Waals surface area contributed by atoms with Crippen molar-refractivity contribution >= 4 is 23.8 Å². The molecule has 1 rings (SSSR count). The van der Waals surface area contributed by atoms with Crippen LogP contribution in [0.3, 0.4) is 0 Å². The number of hydrogen-bond acceptors (Lipinski definition) is 7. The minimum absolute atomic E-state index is 0.000428. The molecule has 2 N–H and O–H groups in total. The van der Waals surface area contributed by atoms with Crippen LogP contribution in [0.25, 0.3) is 0 Å². The molecule has 0 radical (unpaired) electrons. The molecule has 0 saturated carbocycles. The summed E-state index contributed by atoms with van der Waals surface area (Å²) in [6.07, 6.45) is -0.707. The molecule has 0 unspecified atom stereocenters. The van der Waals surface area contributed by atoms with Crippen LogP contribution in [-0.4, -0.2) is 72.7 Å². The maximum Gasteiger partial charge on any atom is 0.328 e. The zero-order valence-electron chi connectivity index (χ0n) is 14.3. The van der Waals surface area contributed by atoms with Crippen LogP contribution in [0.4, 0.5) is 0 Å². The van der Waals surface area contributed by atoms with Crippen LogP contribution in [0, 0.1) is 5.92 Å². The van der Waals surface area contributed by atoms with Crippen LogP contribution in [0.5, 0.6) is 0 Å². The summed E-state index contributed by atoms with van der Waals surface area (Å²) >= 11 is 0. The van der Waals surface area contributed by atoms with Gasteiger partial charge in [0.15, 0.2) is 0 Å². The van der Waals surface area contributed by atoms with Crippen molar-refractivity contribution in [2.75, 3.05) is 20.8 Å². The van der Waals surface area contributed by atoms with Crippen molar-refractivity contribution in [1.82, 2.24) is 10.2 Å². The fraction of sp³-hybridized carbons (Fsp3) is 0.733. The van der Waals surface area contributed by atoms with E-state index in [2.05, 4.69) is 14.8 Å². The maximum atomic E-state index is 12.4. The van der Waals surface area contributed by atoms with E-state index in [9.17, 15) is 24.3 Å². The first-order valence-corrected chi connectivity index (χ1v) is 7.62. The van der Waals surface area contributed by atoms with Crippen LogP contribution in [0.1, 0.15) is 26.7 Å². The molecule has 1 aliphatic rings. The molecule has 0 aromatic rings. The van der Waals surface area contributed by atoms with Crippen molar-refractivity contribution in [3.8, 4) is 0 Å². The van der Waals surface area contributed by atoms with Gasteiger partial charge in [-0.15, -0.1) is 0 Å². The van der Waals surface area contributed by atoms with E-state index in [1.807, 2.05) is 0 Å². The molecule has 2 amide bonds. The van der Waals surface area contributed by atoms with E-state index < -0.39 is 42.0 Å². The highest BCUT2D eigenvalue weighted by molar-refractivity contribution is 5.91. The number of esters is 2. The predicted molar refractivity (Wildman–Crippen MR) is 81.5 cm³/mol. The van der Waals surface area contributed by atoms with E-state index in [1.54, 1.807) is 6.92 Å². The van der Waals surface area contributed by atoms with Gasteiger partial charge in [0.2, 0.25) is 11.8 Å². The zero-order chi connectivity index (χ0) is 18.4. The molecule has 24 heavy (non-hydrogen) atoms. The summed E-state index contributed by atoms with van der Waals surface area (Å²) in [5, 5.41) is 12.2. The Kier molecular flexibility index (Phi) is 7.15. The molecular weight excluding hydrogens is 320 g/mol. The lowest BCUT2D eigenvalue weighted by molar-refractivity contribution is -0.149. The first-order valence-electron chi connectivity index (χ1n) is 7.62. The summed E-state index contributed by atoms with van der Waals surface area (Å²) in [6, 6.07) is -1.92. The quantitative estimate of drug-likeness (QED) is 0.582. The summed E-state index contributed by atoms with van der Waals surface area (Å²) in [7, 11) is 2.40. The third-order valence-electron chi connectivity index (χ3n) is 3.98. The summed E-state index contributed by atoms with van der Waals surface area (Å²) in [6.45, 7) is 2.93. The van der Waals surface area contributed by atoms with Crippen molar-refractivity contribution in [2.45, 2.75) is 44.9 Å². The number of carbonyl (C=O) groups is 4. The lowest BCUT2D eigenvalue weighted by Crippen LogP contribution is -2.51. The number of nitrogens with zero attached hydrogens (tertiary/aromatic N) is 1. The lowest BCUT2D eigenvalue weighted by Gasteiger charge is -2.25. The van der Waals surface area contributed by atoms with E-state index in [1.165, 1.54) is 26.0 Å². The monoisotopic (exact) mass is 344 g/mol.